The van der Waals surface area contributed by atoms with Crippen LogP contribution in [0.15, 0.2) is 36.4 Å². The molecule has 1 amide bonds. The summed E-state index contributed by atoms with van der Waals surface area (Å²) in [6.45, 7) is 2.96. The summed E-state index contributed by atoms with van der Waals surface area (Å²) in [4.78, 5) is 15.1. The average molecular weight is 286 g/mol. The SMILES string of the molecule is Cc1cccc(OCCNc2nc(C(N)=O)ccc2N)c1. The molecule has 110 valence electrons. The molecule has 0 fully saturated rings. The number of hydrogen-bond acceptors (Lipinski definition) is 5. The molecule has 2 aromatic rings. The summed E-state index contributed by atoms with van der Waals surface area (Å²) in [6, 6.07) is 10.9. The molecule has 1 aromatic carbocycles. The number of amides is 1. The van der Waals surface area contributed by atoms with Crippen molar-refractivity contribution in [1.82, 2.24) is 4.98 Å². The smallest absolute Gasteiger partial charge is 0.267 e. The number of hydrogen-bond donors (Lipinski definition) is 3. The molecule has 0 saturated heterocycles. The highest BCUT2D eigenvalue weighted by Gasteiger charge is 2.06. The van der Waals surface area contributed by atoms with Gasteiger partial charge in [0.2, 0.25) is 0 Å². The monoisotopic (exact) mass is 286 g/mol. The van der Waals surface area contributed by atoms with Gasteiger partial charge in [0.25, 0.3) is 5.91 Å². The molecule has 0 aliphatic heterocycles. The van der Waals surface area contributed by atoms with Crippen LogP contribution in [-0.2, 0) is 0 Å². The van der Waals surface area contributed by atoms with E-state index in [4.69, 9.17) is 16.2 Å². The topological polar surface area (TPSA) is 103 Å². The molecule has 21 heavy (non-hydrogen) atoms. The number of carbonyl (C=O) groups is 1. The van der Waals surface area contributed by atoms with Crippen LogP contribution in [0.1, 0.15) is 16.1 Å². The molecule has 0 aliphatic carbocycles. The maximum Gasteiger partial charge on any atom is 0.267 e. The van der Waals surface area contributed by atoms with E-state index in [2.05, 4.69) is 10.3 Å². The minimum Gasteiger partial charge on any atom is -0.492 e. The number of anilines is 2. The number of primary amides is 1. The summed E-state index contributed by atoms with van der Waals surface area (Å²) in [5, 5.41) is 3.02. The van der Waals surface area contributed by atoms with Crippen LogP contribution in [0, 0.1) is 6.92 Å². The maximum absolute atomic E-state index is 11.1. The zero-order chi connectivity index (χ0) is 15.2. The molecule has 0 unspecified atom stereocenters. The Morgan fingerprint density at radius 2 is 2.14 bits per heavy atom. The lowest BCUT2D eigenvalue weighted by atomic mass is 10.2. The van der Waals surface area contributed by atoms with Crippen LogP contribution in [0.4, 0.5) is 11.5 Å². The van der Waals surface area contributed by atoms with E-state index in [1.165, 1.54) is 6.07 Å². The van der Waals surface area contributed by atoms with Gasteiger partial charge < -0.3 is 21.5 Å². The summed E-state index contributed by atoms with van der Waals surface area (Å²) in [7, 11) is 0. The van der Waals surface area contributed by atoms with E-state index >= 15 is 0 Å². The predicted octanol–water partition coefficient (Wildman–Crippen LogP) is 1.56. The summed E-state index contributed by atoms with van der Waals surface area (Å²) >= 11 is 0. The van der Waals surface area contributed by atoms with Crippen molar-refractivity contribution >= 4 is 17.4 Å². The van der Waals surface area contributed by atoms with Gasteiger partial charge in [-0.15, -0.1) is 0 Å². The number of nitrogens with zero attached hydrogens (tertiary/aromatic N) is 1. The molecular weight excluding hydrogens is 268 g/mol. The molecule has 1 aromatic heterocycles. The van der Waals surface area contributed by atoms with Crippen molar-refractivity contribution in [2.75, 3.05) is 24.2 Å². The fraction of sp³-hybridized carbons (Fsp3) is 0.200. The number of aromatic nitrogens is 1. The average Bonchev–Trinajstić information content (AvgIpc) is 2.45. The highest BCUT2D eigenvalue weighted by Crippen LogP contribution is 2.16. The molecular formula is C15H18N4O2. The van der Waals surface area contributed by atoms with Crippen LogP contribution in [0.2, 0.25) is 0 Å². The third-order valence-corrected chi connectivity index (χ3v) is 2.83. The molecule has 0 atom stereocenters. The van der Waals surface area contributed by atoms with E-state index in [0.29, 0.717) is 24.7 Å². The van der Waals surface area contributed by atoms with Crippen LogP contribution < -0.4 is 21.5 Å². The Morgan fingerprint density at radius 3 is 2.86 bits per heavy atom. The summed E-state index contributed by atoms with van der Waals surface area (Å²) in [5.74, 6) is 0.650. The number of rotatable bonds is 6. The molecule has 2 rings (SSSR count). The van der Waals surface area contributed by atoms with Crippen molar-refractivity contribution in [1.29, 1.82) is 0 Å². The minimum absolute atomic E-state index is 0.173. The van der Waals surface area contributed by atoms with Gasteiger partial charge in [0.1, 0.15) is 23.9 Å². The Bertz CT molecular complexity index is 643. The van der Waals surface area contributed by atoms with Gasteiger partial charge in [-0.05, 0) is 36.8 Å². The molecule has 6 heteroatoms. The Morgan fingerprint density at radius 1 is 1.33 bits per heavy atom. The van der Waals surface area contributed by atoms with E-state index in [9.17, 15) is 4.79 Å². The first kappa shape index (κ1) is 14.6. The maximum atomic E-state index is 11.1. The predicted molar refractivity (Wildman–Crippen MR) is 82.3 cm³/mol. The zero-order valence-electron chi connectivity index (χ0n) is 11.8. The van der Waals surface area contributed by atoms with Crippen LogP contribution in [0.5, 0.6) is 5.75 Å². The lowest BCUT2D eigenvalue weighted by molar-refractivity contribution is 0.0996. The highest BCUT2D eigenvalue weighted by molar-refractivity contribution is 5.91. The second-order valence-corrected chi connectivity index (χ2v) is 4.59. The third kappa shape index (κ3) is 4.10. The van der Waals surface area contributed by atoms with Crippen LogP contribution in [-0.4, -0.2) is 24.0 Å². The molecule has 0 aliphatic rings. The lowest BCUT2D eigenvalue weighted by Gasteiger charge is -2.10. The van der Waals surface area contributed by atoms with Crippen molar-refractivity contribution in [3.8, 4) is 5.75 Å². The van der Waals surface area contributed by atoms with Gasteiger partial charge in [-0.3, -0.25) is 4.79 Å². The Hall–Kier alpha value is -2.76. The Labute approximate surface area is 123 Å². The zero-order valence-corrected chi connectivity index (χ0v) is 11.8. The first-order valence-corrected chi connectivity index (χ1v) is 6.56. The normalized spacial score (nSPS) is 10.1. The number of ether oxygens (including phenoxy) is 1. The molecule has 1 heterocycles. The van der Waals surface area contributed by atoms with Gasteiger partial charge in [0, 0.05) is 0 Å². The van der Waals surface area contributed by atoms with E-state index in [-0.39, 0.29) is 5.69 Å². The van der Waals surface area contributed by atoms with Crippen molar-refractivity contribution in [3.63, 3.8) is 0 Å². The number of pyridine rings is 1. The standard InChI is InChI=1S/C15H18N4O2/c1-10-3-2-4-11(9-10)21-8-7-18-15-12(16)5-6-13(19-15)14(17)20/h2-6,9H,7-8,16H2,1H3,(H2,17,20)(H,18,19). The van der Waals surface area contributed by atoms with Gasteiger partial charge >= 0.3 is 0 Å². The van der Waals surface area contributed by atoms with Gasteiger partial charge in [-0.1, -0.05) is 12.1 Å². The van der Waals surface area contributed by atoms with Gasteiger partial charge in [0.05, 0.1) is 12.2 Å². The van der Waals surface area contributed by atoms with Crippen molar-refractivity contribution in [2.45, 2.75) is 6.92 Å². The second kappa shape index (κ2) is 6.60. The van der Waals surface area contributed by atoms with Crippen molar-refractivity contribution in [3.05, 3.63) is 47.7 Å². The molecule has 6 nitrogen and oxygen atoms in total. The third-order valence-electron chi connectivity index (χ3n) is 2.83. The summed E-state index contributed by atoms with van der Waals surface area (Å²) in [5.41, 5.74) is 12.7. The molecule has 0 radical (unpaired) electrons. The number of nitrogens with one attached hydrogen (secondary N) is 1. The van der Waals surface area contributed by atoms with Crippen molar-refractivity contribution in [2.24, 2.45) is 5.73 Å². The van der Waals surface area contributed by atoms with Crippen LogP contribution in [0.3, 0.4) is 0 Å². The number of aryl methyl sites for hydroxylation is 1. The minimum atomic E-state index is -0.589. The van der Waals surface area contributed by atoms with Gasteiger partial charge in [-0.2, -0.15) is 0 Å². The molecule has 0 spiro atoms. The first-order valence-electron chi connectivity index (χ1n) is 6.56. The molecule has 0 saturated carbocycles. The summed E-state index contributed by atoms with van der Waals surface area (Å²) < 4.78 is 5.60. The lowest BCUT2D eigenvalue weighted by Crippen LogP contribution is -2.17. The van der Waals surface area contributed by atoms with E-state index < -0.39 is 5.91 Å². The summed E-state index contributed by atoms with van der Waals surface area (Å²) in [6.07, 6.45) is 0. The van der Waals surface area contributed by atoms with Gasteiger partial charge in [0.15, 0.2) is 0 Å². The van der Waals surface area contributed by atoms with E-state index in [0.717, 1.165) is 11.3 Å². The quantitative estimate of drug-likeness (QED) is 0.699. The number of carbonyl (C=O) groups excluding carboxylic acids is 1. The number of benzene rings is 1. The highest BCUT2D eigenvalue weighted by atomic mass is 16.5. The number of nitrogens with two attached hydrogens (primary N) is 2. The molecule has 0 bridgehead atoms. The van der Waals surface area contributed by atoms with Crippen molar-refractivity contribution < 1.29 is 9.53 Å². The fourth-order valence-electron chi connectivity index (χ4n) is 1.79. The van der Waals surface area contributed by atoms with E-state index in [1.807, 2.05) is 31.2 Å². The first-order chi connectivity index (χ1) is 10.1. The van der Waals surface area contributed by atoms with Crippen LogP contribution in [0.25, 0.3) is 0 Å². The Balaban J connectivity index is 1.88. The largest absolute Gasteiger partial charge is 0.492 e. The number of nitrogen functional groups attached to an aromatic ring is 1. The fourth-order valence-corrected chi connectivity index (χ4v) is 1.79. The van der Waals surface area contributed by atoms with E-state index in [1.54, 1.807) is 6.07 Å². The molecule has 5 N–H and O–H groups in total. The Kier molecular flexibility index (Phi) is 4.61. The van der Waals surface area contributed by atoms with Gasteiger partial charge in [-0.25, -0.2) is 4.98 Å². The van der Waals surface area contributed by atoms with Crippen LogP contribution >= 0.6 is 0 Å². The second-order valence-electron chi connectivity index (χ2n) is 4.59.